The first-order valence-electron chi connectivity index (χ1n) is 6.93. The Balaban J connectivity index is 1.63. The van der Waals surface area contributed by atoms with Gasteiger partial charge >= 0.3 is 0 Å². The molecule has 2 heterocycles. The van der Waals surface area contributed by atoms with E-state index in [0.29, 0.717) is 18.7 Å². The fraction of sp³-hybridized carbons (Fsp3) is 0.769. The van der Waals surface area contributed by atoms with Gasteiger partial charge in [-0.15, -0.1) is 0 Å². The molecule has 2 fully saturated rings. The number of imidazole rings is 1. The van der Waals surface area contributed by atoms with E-state index in [1.807, 2.05) is 6.33 Å². The summed E-state index contributed by atoms with van der Waals surface area (Å²) < 4.78 is 7.90. The number of nitrogens with two attached hydrogens (primary N) is 1. The Morgan fingerprint density at radius 3 is 3.28 bits per heavy atom. The maximum Gasteiger partial charge on any atom is 0.0950 e. The van der Waals surface area contributed by atoms with E-state index in [4.69, 9.17) is 10.5 Å². The van der Waals surface area contributed by atoms with Gasteiger partial charge < -0.3 is 15.0 Å². The van der Waals surface area contributed by atoms with E-state index in [1.54, 1.807) is 0 Å². The van der Waals surface area contributed by atoms with Crippen molar-refractivity contribution < 1.29 is 4.74 Å². The lowest BCUT2D eigenvalue weighted by atomic mass is 10.1. The molecule has 0 aromatic carbocycles. The van der Waals surface area contributed by atoms with Crippen molar-refractivity contribution in [3.05, 3.63) is 18.2 Å². The Labute approximate surface area is 108 Å². The molecule has 18 heavy (non-hydrogen) atoms. The number of morpholine rings is 1. The molecule has 2 atom stereocenters. The van der Waals surface area contributed by atoms with Crippen LogP contribution in [-0.4, -0.2) is 46.3 Å². The molecule has 5 heteroatoms. The predicted octanol–water partition coefficient (Wildman–Crippen LogP) is 0.595. The van der Waals surface area contributed by atoms with Crippen molar-refractivity contribution in [2.24, 2.45) is 5.73 Å². The molecule has 0 spiro atoms. The summed E-state index contributed by atoms with van der Waals surface area (Å²) in [6.45, 7) is 4.36. The van der Waals surface area contributed by atoms with Crippen LogP contribution < -0.4 is 5.73 Å². The Morgan fingerprint density at radius 1 is 1.44 bits per heavy atom. The van der Waals surface area contributed by atoms with E-state index in [9.17, 15) is 0 Å². The molecule has 1 aromatic rings. The van der Waals surface area contributed by atoms with Crippen LogP contribution in [0.25, 0.3) is 0 Å². The monoisotopic (exact) mass is 250 g/mol. The van der Waals surface area contributed by atoms with Gasteiger partial charge in [0.2, 0.25) is 0 Å². The number of rotatable bonds is 4. The van der Waals surface area contributed by atoms with E-state index in [2.05, 4.69) is 20.6 Å². The topological polar surface area (TPSA) is 56.3 Å². The quantitative estimate of drug-likeness (QED) is 0.850. The number of nitrogens with zero attached hydrogens (tertiary/aromatic N) is 3. The molecule has 0 bridgehead atoms. The molecule has 1 saturated heterocycles. The zero-order valence-electron chi connectivity index (χ0n) is 10.8. The minimum Gasteiger partial charge on any atom is -0.375 e. The second-order valence-electron chi connectivity index (χ2n) is 5.27. The van der Waals surface area contributed by atoms with Gasteiger partial charge in [-0.1, -0.05) is 0 Å². The van der Waals surface area contributed by atoms with Crippen molar-refractivity contribution in [2.45, 2.75) is 44.5 Å². The molecule has 0 amide bonds. The zero-order chi connectivity index (χ0) is 12.4. The third-order valence-electron chi connectivity index (χ3n) is 4.04. The molecule has 3 rings (SSSR count). The smallest absolute Gasteiger partial charge is 0.0950 e. The number of fused-ring (bicyclic) bond motifs is 1. The fourth-order valence-corrected chi connectivity index (χ4v) is 3.17. The Bertz CT molecular complexity index is 392. The van der Waals surface area contributed by atoms with E-state index in [-0.39, 0.29) is 0 Å². The summed E-state index contributed by atoms with van der Waals surface area (Å²) >= 11 is 0. The van der Waals surface area contributed by atoms with Crippen LogP contribution in [0.5, 0.6) is 0 Å². The standard InChI is InChI=1S/C13H22N4O/c14-4-5-16-8-11(15-10-16)9-17-6-7-18-13-3-1-2-12(13)17/h8,10,12-13H,1-7,9,14H2. The number of hydrogen-bond donors (Lipinski definition) is 1. The van der Waals surface area contributed by atoms with Crippen molar-refractivity contribution in [3.8, 4) is 0 Å². The van der Waals surface area contributed by atoms with E-state index in [1.165, 1.54) is 19.3 Å². The first-order valence-corrected chi connectivity index (χ1v) is 6.93. The van der Waals surface area contributed by atoms with Crippen molar-refractivity contribution in [3.63, 3.8) is 0 Å². The van der Waals surface area contributed by atoms with Gasteiger partial charge in [0.15, 0.2) is 0 Å². The number of aromatic nitrogens is 2. The minimum absolute atomic E-state index is 0.463. The first kappa shape index (κ1) is 12.1. The normalized spacial score (nSPS) is 28.5. The highest BCUT2D eigenvalue weighted by atomic mass is 16.5. The average molecular weight is 250 g/mol. The highest BCUT2D eigenvalue weighted by molar-refractivity contribution is 4.99. The molecule has 1 saturated carbocycles. The van der Waals surface area contributed by atoms with Gasteiger partial charge in [0.25, 0.3) is 0 Å². The molecule has 2 aliphatic rings. The van der Waals surface area contributed by atoms with Crippen LogP contribution in [-0.2, 0) is 17.8 Å². The Kier molecular flexibility index (Phi) is 3.63. The third-order valence-corrected chi connectivity index (χ3v) is 4.04. The molecule has 2 unspecified atom stereocenters. The molecule has 0 radical (unpaired) electrons. The van der Waals surface area contributed by atoms with Crippen LogP contribution in [0.1, 0.15) is 25.0 Å². The van der Waals surface area contributed by atoms with Crippen LogP contribution in [0.3, 0.4) is 0 Å². The van der Waals surface area contributed by atoms with E-state index >= 15 is 0 Å². The number of ether oxygens (including phenoxy) is 1. The van der Waals surface area contributed by atoms with Crippen molar-refractivity contribution >= 4 is 0 Å². The van der Waals surface area contributed by atoms with Gasteiger partial charge in [-0.3, -0.25) is 4.90 Å². The predicted molar refractivity (Wildman–Crippen MR) is 69.1 cm³/mol. The molecule has 1 aliphatic carbocycles. The summed E-state index contributed by atoms with van der Waals surface area (Å²) in [5, 5.41) is 0. The zero-order valence-corrected chi connectivity index (χ0v) is 10.8. The Morgan fingerprint density at radius 2 is 2.39 bits per heavy atom. The summed E-state index contributed by atoms with van der Waals surface area (Å²) in [7, 11) is 0. The highest BCUT2D eigenvalue weighted by Crippen LogP contribution is 2.30. The molecule has 100 valence electrons. The van der Waals surface area contributed by atoms with Gasteiger partial charge in [-0.2, -0.15) is 0 Å². The maximum atomic E-state index is 5.83. The van der Waals surface area contributed by atoms with Gasteiger partial charge in [-0.05, 0) is 19.3 Å². The second kappa shape index (κ2) is 5.38. The van der Waals surface area contributed by atoms with Crippen molar-refractivity contribution in [2.75, 3.05) is 19.7 Å². The van der Waals surface area contributed by atoms with E-state index < -0.39 is 0 Å². The lowest BCUT2D eigenvalue weighted by Gasteiger charge is -2.37. The van der Waals surface area contributed by atoms with Crippen molar-refractivity contribution in [1.29, 1.82) is 0 Å². The van der Waals surface area contributed by atoms with Gasteiger partial charge in [-0.25, -0.2) is 4.98 Å². The largest absolute Gasteiger partial charge is 0.375 e. The average Bonchev–Trinajstić information content (AvgIpc) is 2.99. The first-order chi connectivity index (χ1) is 8.86. The summed E-state index contributed by atoms with van der Waals surface area (Å²) in [5.41, 5.74) is 6.70. The maximum absolute atomic E-state index is 5.83. The molecular formula is C13H22N4O. The van der Waals surface area contributed by atoms with Crippen LogP contribution in [0, 0.1) is 0 Å². The lowest BCUT2D eigenvalue weighted by Crippen LogP contribution is -2.47. The highest BCUT2D eigenvalue weighted by Gasteiger charge is 2.35. The van der Waals surface area contributed by atoms with Gasteiger partial charge in [0.1, 0.15) is 0 Å². The molecule has 1 aliphatic heterocycles. The summed E-state index contributed by atoms with van der Waals surface area (Å²) in [4.78, 5) is 7.01. The summed E-state index contributed by atoms with van der Waals surface area (Å²) in [5.74, 6) is 0. The summed E-state index contributed by atoms with van der Waals surface area (Å²) in [6.07, 6.45) is 8.26. The molecule has 2 N–H and O–H groups in total. The van der Waals surface area contributed by atoms with Gasteiger partial charge in [0.05, 0.1) is 24.7 Å². The van der Waals surface area contributed by atoms with Crippen LogP contribution in [0.2, 0.25) is 0 Å². The second-order valence-corrected chi connectivity index (χ2v) is 5.27. The SMILES string of the molecule is NCCn1cnc(CN2CCOC3CCCC32)c1. The van der Waals surface area contributed by atoms with Crippen LogP contribution >= 0.6 is 0 Å². The van der Waals surface area contributed by atoms with Gasteiger partial charge in [0, 0.05) is 38.4 Å². The van der Waals surface area contributed by atoms with Crippen molar-refractivity contribution in [1.82, 2.24) is 14.5 Å². The fourth-order valence-electron chi connectivity index (χ4n) is 3.17. The Hall–Kier alpha value is -0.910. The molecule has 1 aromatic heterocycles. The summed E-state index contributed by atoms with van der Waals surface area (Å²) in [6, 6.07) is 0.610. The van der Waals surface area contributed by atoms with Crippen LogP contribution in [0.4, 0.5) is 0 Å². The minimum atomic E-state index is 0.463. The lowest BCUT2D eigenvalue weighted by molar-refractivity contribution is -0.0591. The third kappa shape index (κ3) is 2.43. The number of hydrogen-bond acceptors (Lipinski definition) is 4. The molecular weight excluding hydrogens is 228 g/mol. The van der Waals surface area contributed by atoms with E-state index in [0.717, 1.165) is 31.9 Å². The van der Waals surface area contributed by atoms with Crippen LogP contribution in [0.15, 0.2) is 12.5 Å². The molecule has 5 nitrogen and oxygen atoms in total.